The largest absolute Gasteiger partial charge is 0.414 e. The summed E-state index contributed by atoms with van der Waals surface area (Å²) in [5.41, 5.74) is -1.30. The lowest BCUT2D eigenvalue weighted by atomic mass is 10.1. The molecule has 1 aliphatic rings. The van der Waals surface area contributed by atoms with Gasteiger partial charge in [0.15, 0.2) is 8.32 Å². The number of hydrogen-bond acceptors (Lipinski definition) is 2. The van der Waals surface area contributed by atoms with E-state index in [1.165, 1.54) is 0 Å². The lowest BCUT2D eigenvalue weighted by Crippen LogP contribution is -2.44. The van der Waals surface area contributed by atoms with E-state index < -0.39 is 20.1 Å². The van der Waals surface area contributed by atoms with Crippen LogP contribution < -0.4 is 0 Å². The Morgan fingerprint density at radius 3 is 2.38 bits per heavy atom. The van der Waals surface area contributed by atoms with Gasteiger partial charge in [-0.2, -0.15) is 0 Å². The van der Waals surface area contributed by atoms with Gasteiger partial charge in [0.25, 0.3) is 0 Å². The van der Waals surface area contributed by atoms with Gasteiger partial charge in [0.2, 0.25) is 0 Å². The summed E-state index contributed by atoms with van der Waals surface area (Å²) < 4.78 is 20.1. The van der Waals surface area contributed by atoms with Gasteiger partial charge in [0, 0.05) is 6.42 Å². The first kappa shape index (κ1) is 14.1. The van der Waals surface area contributed by atoms with E-state index in [0.717, 1.165) is 0 Å². The molecule has 96 valence electrons. The zero-order valence-electron chi connectivity index (χ0n) is 11.1. The molecule has 4 heteroatoms. The van der Waals surface area contributed by atoms with Crippen molar-refractivity contribution in [3.8, 4) is 0 Å². The number of rotatable bonds is 3. The minimum Gasteiger partial charge on any atom is -0.414 e. The quantitative estimate of drug-likeness (QED) is 0.777. The van der Waals surface area contributed by atoms with Crippen molar-refractivity contribution in [3.05, 3.63) is 0 Å². The van der Waals surface area contributed by atoms with Crippen LogP contribution in [0.3, 0.4) is 0 Å². The maximum Gasteiger partial charge on any atom is 0.192 e. The van der Waals surface area contributed by atoms with Crippen molar-refractivity contribution in [2.75, 3.05) is 6.61 Å². The minimum absolute atomic E-state index is 0.112. The van der Waals surface area contributed by atoms with Gasteiger partial charge < -0.3 is 9.53 Å². The Bertz CT molecular complexity index is 250. The van der Waals surface area contributed by atoms with Crippen LogP contribution in [0.2, 0.25) is 18.1 Å². The van der Waals surface area contributed by atoms with E-state index in [2.05, 4.69) is 33.9 Å². The van der Waals surface area contributed by atoms with Gasteiger partial charge in [0.1, 0.15) is 5.67 Å². The molecule has 2 atom stereocenters. The van der Waals surface area contributed by atoms with Gasteiger partial charge in [-0.3, -0.25) is 0 Å². The highest BCUT2D eigenvalue weighted by atomic mass is 28.4. The highest BCUT2D eigenvalue weighted by Crippen LogP contribution is 2.40. The summed E-state index contributed by atoms with van der Waals surface area (Å²) in [5, 5.41) is 9.48. The molecule has 1 aliphatic carbocycles. The molecule has 0 radical (unpaired) electrons. The molecule has 2 nitrogen and oxygen atoms in total. The molecule has 1 fully saturated rings. The molecular formula is C12H25FO2Si. The normalized spacial score (nSPS) is 32.1. The molecule has 1 rings (SSSR count). The van der Waals surface area contributed by atoms with E-state index in [4.69, 9.17) is 4.43 Å². The lowest BCUT2D eigenvalue weighted by molar-refractivity contribution is 0.0656. The fourth-order valence-electron chi connectivity index (χ4n) is 1.71. The van der Waals surface area contributed by atoms with Crippen molar-refractivity contribution in [2.45, 2.75) is 69.9 Å². The fourth-order valence-corrected chi connectivity index (χ4v) is 2.76. The number of halogens is 1. The topological polar surface area (TPSA) is 29.5 Å². The summed E-state index contributed by atoms with van der Waals surface area (Å²) in [6.07, 6.45) is 0.759. The zero-order chi connectivity index (χ0) is 12.6. The third kappa shape index (κ3) is 3.28. The maximum atomic E-state index is 14.2. The second-order valence-electron chi connectivity index (χ2n) is 6.60. The van der Waals surface area contributed by atoms with Crippen LogP contribution in [0.15, 0.2) is 0 Å². The first-order valence-electron chi connectivity index (χ1n) is 6.07. The van der Waals surface area contributed by atoms with Crippen LogP contribution in [0.1, 0.15) is 40.0 Å². The molecule has 0 aliphatic heterocycles. The van der Waals surface area contributed by atoms with Crippen LogP contribution in [0.25, 0.3) is 0 Å². The third-order valence-electron chi connectivity index (χ3n) is 4.02. The second-order valence-corrected chi connectivity index (χ2v) is 11.4. The van der Waals surface area contributed by atoms with Crippen LogP contribution in [0.5, 0.6) is 0 Å². The smallest absolute Gasteiger partial charge is 0.192 e. The molecule has 1 N–H and O–H groups in total. The third-order valence-corrected chi connectivity index (χ3v) is 8.50. The van der Waals surface area contributed by atoms with Crippen LogP contribution in [-0.4, -0.2) is 31.8 Å². The molecule has 16 heavy (non-hydrogen) atoms. The van der Waals surface area contributed by atoms with Gasteiger partial charge in [0.05, 0.1) is 12.7 Å². The molecule has 0 bridgehead atoms. The summed E-state index contributed by atoms with van der Waals surface area (Å²) in [6, 6.07) is 0. The van der Waals surface area contributed by atoms with Gasteiger partial charge in [-0.1, -0.05) is 20.8 Å². The zero-order valence-corrected chi connectivity index (χ0v) is 12.1. The maximum absolute atomic E-state index is 14.2. The first-order chi connectivity index (χ1) is 7.06. The summed E-state index contributed by atoms with van der Waals surface area (Å²) in [6.45, 7) is 10.8. The van der Waals surface area contributed by atoms with E-state index in [9.17, 15) is 9.50 Å². The standard InChI is InChI=1S/C12H25FO2Si/c1-11(2,3)16(4,5)15-9-12(13)7-6-10(14)8-12/h10,14H,6-9H2,1-5H3/t10-,12-/m0/s1. The second kappa shape index (κ2) is 4.39. The van der Waals surface area contributed by atoms with Crippen molar-refractivity contribution < 1.29 is 13.9 Å². The molecule has 0 aromatic rings. The Labute approximate surface area is 99.3 Å². The van der Waals surface area contributed by atoms with Crippen molar-refractivity contribution in [2.24, 2.45) is 0 Å². The van der Waals surface area contributed by atoms with Crippen molar-refractivity contribution in [1.82, 2.24) is 0 Å². The fraction of sp³-hybridized carbons (Fsp3) is 1.00. The van der Waals surface area contributed by atoms with E-state index >= 15 is 0 Å². The molecule has 0 aromatic carbocycles. The number of aliphatic hydroxyl groups excluding tert-OH is 1. The van der Waals surface area contributed by atoms with Gasteiger partial charge in [-0.25, -0.2) is 4.39 Å². The Morgan fingerprint density at radius 1 is 1.44 bits per heavy atom. The SMILES string of the molecule is CC(C)(C)[Si](C)(C)OC[C@]1(F)CC[C@H](O)C1. The molecule has 0 heterocycles. The van der Waals surface area contributed by atoms with E-state index in [1.54, 1.807) is 0 Å². The predicted molar refractivity (Wildman–Crippen MR) is 66.8 cm³/mol. The van der Waals surface area contributed by atoms with Crippen molar-refractivity contribution >= 4 is 8.32 Å². The monoisotopic (exact) mass is 248 g/mol. The molecule has 0 spiro atoms. The van der Waals surface area contributed by atoms with Crippen molar-refractivity contribution in [1.29, 1.82) is 0 Å². The van der Waals surface area contributed by atoms with Crippen molar-refractivity contribution in [3.63, 3.8) is 0 Å². The van der Waals surface area contributed by atoms with Gasteiger partial charge in [-0.05, 0) is 31.0 Å². The summed E-state index contributed by atoms with van der Waals surface area (Å²) >= 11 is 0. The van der Waals surface area contributed by atoms with E-state index in [0.29, 0.717) is 12.8 Å². The number of aliphatic hydroxyl groups is 1. The highest BCUT2D eigenvalue weighted by Gasteiger charge is 2.43. The lowest BCUT2D eigenvalue weighted by Gasteiger charge is -2.38. The number of alkyl halides is 1. The molecule has 0 amide bonds. The van der Waals surface area contributed by atoms with E-state index in [-0.39, 0.29) is 18.1 Å². The Morgan fingerprint density at radius 2 is 2.00 bits per heavy atom. The predicted octanol–water partition coefficient (Wildman–Crippen LogP) is 3.26. The van der Waals surface area contributed by atoms with E-state index in [1.807, 2.05) is 0 Å². The Hall–Kier alpha value is 0.0669. The number of hydrogen-bond donors (Lipinski definition) is 1. The van der Waals surface area contributed by atoms with Gasteiger partial charge in [-0.15, -0.1) is 0 Å². The van der Waals surface area contributed by atoms with Crippen LogP contribution in [0.4, 0.5) is 4.39 Å². The average Bonchev–Trinajstić information content (AvgIpc) is 2.42. The molecule has 1 saturated carbocycles. The average molecular weight is 248 g/mol. The first-order valence-corrected chi connectivity index (χ1v) is 8.98. The van der Waals surface area contributed by atoms with Crippen LogP contribution in [-0.2, 0) is 4.43 Å². The summed E-state index contributed by atoms with van der Waals surface area (Å²) in [4.78, 5) is 0. The van der Waals surface area contributed by atoms with Gasteiger partial charge >= 0.3 is 0 Å². The Balaban J connectivity index is 2.52. The van der Waals surface area contributed by atoms with Crippen LogP contribution in [0, 0.1) is 0 Å². The summed E-state index contributed by atoms with van der Waals surface area (Å²) in [5.74, 6) is 0. The summed E-state index contributed by atoms with van der Waals surface area (Å²) in [7, 11) is -1.86. The molecular weight excluding hydrogens is 223 g/mol. The molecule has 0 unspecified atom stereocenters. The van der Waals surface area contributed by atoms with Crippen LogP contribution >= 0.6 is 0 Å². The Kier molecular flexibility index (Phi) is 3.87. The highest BCUT2D eigenvalue weighted by molar-refractivity contribution is 6.74. The minimum atomic E-state index is -1.86. The molecule has 0 aromatic heterocycles. The molecule has 0 saturated heterocycles.